The fourth-order valence-corrected chi connectivity index (χ4v) is 1.81. The van der Waals surface area contributed by atoms with Gasteiger partial charge in [0.2, 0.25) is 0 Å². The first kappa shape index (κ1) is 11.5. The van der Waals surface area contributed by atoms with Gasteiger partial charge < -0.3 is 14.6 Å². The Morgan fingerprint density at radius 1 is 1.31 bits per heavy atom. The summed E-state index contributed by atoms with van der Waals surface area (Å²) in [7, 11) is 0. The molecule has 0 fully saturated rings. The lowest BCUT2D eigenvalue weighted by Crippen LogP contribution is -1.96. The number of furan rings is 1. The number of fused-ring (bicyclic) bond motifs is 1. The molecule has 2 N–H and O–H groups in total. The molecule has 0 saturated carbocycles. The number of hydrogen-bond acceptors (Lipinski definition) is 3. The van der Waals surface area contributed by atoms with Gasteiger partial charge >= 0.3 is 0 Å². The summed E-state index contributed by atoms with van der Waals surface area (Å²) in [5, 5.41) is 20.0. The summed E-state index contributed by atoms with van der Waals surface area (Å²) < 4.78 is 5.49. The van der Waals surface area contributed by atoms with E-state index < -0.39 is 6.10 Å². The number of benzene rings is 1. The third kappa shape index (κ3) is 2.38. The first-order chi connectivity index (χ1) is 7.70. The van der Waals surface area contributed by atoms with Crippen LogP contribution >= 0.6 is 11.6 Å². The van der Waals surface area contributed by atoms with E-state index in [0.717, 1.165) is 5.39 Å². The van der Waals surface area contributed by atoms with Crippen LogP contribution < -0.4 is 0 Å². The Morgan fingerprint density at radius 2 is 2.12 bits per heavy atom. The van der Waals surface area contributed by atoms with Crippen LogP contribution in [0.15, 0.2) is 28.7 Å². The van der Waals surface area contributed by atoms with E-state index in [9.17, 15) is 5.11 Å². The Morgan fingerprint density at radius 3 is 2.88 bits per heavy atom. The van der Waals surface area contributed by atoms with Gasteiger partial charge in [-0.1, -0.05) is 11.6 Å². The smallest absolute Gasteiger partial charge is 0.134 e. The maximum atomic E-state index is 9.78. The van der Waals surface area contributed by atoms with Gasteiger partial charge in [0, 0.05) is 17.0 Å². The van der Waals surface area contributed by atoms with Gasteiger partial charge in [-0.3, -0.25) is 0 Å². The molecule has 1 atom stereocenters. The van der Waals surface area contributed by atoms with E-state index in [1.165, 1.54) is 0 Å². The molecule has 4 heteroatoms. The average molecular weight is 241 g/mol. The van der Waals surface area contributed by atoms with E-state index in [1.807, 2.05) is 0 Å². The fraction of sp³-hybridized carbons (Fsp3) is 0.333. The zero-order valence-electron chi connectivity index (χ0n) is 8.69. The van der Waals surface area contributed by atoms with E-state index >= 15 is 0 Å². The molecule has 0 amide bonds. The fourth-order valence-electron chi connectivity index (χ4n) is 1.63. The minimum atomic E-state index is -0.668. The topological polar surface area (TPSA) is 53.6 Å². The Labute approximate surface area is 98.3 Å². The molecule has 2 rings (SSSR count). The summed E-state index contributed by atoms with van der Waals surface area (Å²) in [6, 6.07) is 7.10. The predicted molar refractivity (Wildman–Crippen MR) is 62.5 cm³/mol. The zero-order valence-corrected chi connectivity index (χ0v) is 9.44. The molecule has 16 heavy (non-hydrogen) atoms. The maximum Gasteiger partial charge on any atom is 0.134 e. The summed E-state index contributed by atoms with van der Waals surface area (Å²) in [6.07, 6.45) is 0.376. The van der Waals surface area contributed by atoms with Crippen molar-refractivity contribution in [3.63, 3.8) is 0 Å². The summed E-state index contributed by atoms with van der Waals surface area (Å²) in [5.74, 6) is 0.519. The Bertz CT molecular complexity index is 478. The third-order valence-electron chi connectivity index (χ3n) is 2.46. The monoisotopic (exact) mass is 240 g/mol. The van der Waals surface area contributed by atoms with Crippen LogP contribution in [0, 0.1) is 0 Å². The van der Waals surface area contributed by atoms with Crippen molar-refractivity contribution in [3.8, 4) is 0 Å². The van der Waals surface area contributed by atoms with Gasteiger partial charge in [0.05, 0.1) is 0 Å². The Hall–Kier alpha value is -1.03. The number of aliphatic hydroxyl groups excluding tert-OH is 2. The molecule has 3 nitrogen and oxygen atoms in total. The van der Waals surface area contributed by atoms with Gasteiger partial charge in [-0.05, 0) is 37.1 Å². The van der Waals surface area contributed by atoms with Crippen LogP contribution in [-0.4, -0.2) is 16.8 Å². The molecular weight excluding hydrogens is 228 g/mol. The molecule has 1 aromatic heterocycles. The van der Waals surface area contributed by atoms with Crippen molar-refractivity contribution in [1.82, 2.24) is 0 Å². The highest BCUT2D eigenvalue weighted by Gasteiger charge is 2.12. The van der Waals surface area contributed by atoms with E-state index in [0.29, 0.717) is 29.2 Å². The van der Waals surface area contributed by atoms with Crippen molar-refractivity contribution < 1.29 is 14.6 Å². The van der Waals surface area contributed by atoms with Crippen molar-refractivity contribution >= 4 is 22.6 Å². The van der Waals surface area contributed by atoms with Crippen LogP contribution in [0.5, 0.6) is 0 Å². The van der Waals surface area contributed by atoms with Crippen molar-refractivity contribution in [2.24, 2.45) is 0 Å². The quantitative estimate of drug-likeness (QED) is 0.864. The second kappa shape index (κ2) is 4.87. The van der Waals surface area contributed by atoms with Crippen LogP contribution in [0.25, 0.3) is 11.0 Å². The minimum absolute atomic E-state index is 0.0725. The molecule has 0 aliphatic heterocycles. The largest absolute Gasteiger partial charge is 0.458 e. The number of rotatable bonds is 4. The third-order valence-corrected chi connectivity index (χ3v) is 2.70. The number of halogens is 1. The molecule has 86 valence electrons. The summed E-state index contributed by atoms with van der Waals surface area (Å²) in [5.41, 5.74) is 0.711. The molecule has 0 radical (unpaired) electrons. The first-order valence-corrected chi connectivity index (χ1v) is 5.56. The van der Waals surface area contributed by atoms with Crippen LogP contribution in [0.3, 0.4) is 0 Å². The molecule has 1 heterocycles. The highest BCUT2D eigenvalue weighted by Crippen LogP contribution is 2.28. The molecular formula is C12H13ClO3. The van der Waals surface area contributed by atoms with E-state index in [4.69, 9.17) is 21.1 Å². The standard InChI is InChI=1S/C12H13ClO3/c13-9-3-4-11-8(6-9)7-12(16-11)10(15)2-1-5-14/h3-4,6-7,10,14-15H,1-2,5H2. The molecule has 1 unspecified atom stereocenters. The Balaban J connectivity index is 2.25. The van der Waals surface area contributed by atoms with Gasteiger partial charge in [-0.15, -0.1) is 0 Å². The molecule has 0 spiro atoms. The van der Waals surface area contributed by atoms with E-state index in [2.05, 4.69) is 0 Å². The zero-order chi connectivity index (χ0) is 11.5. The number of aliphatic hydroxyl groups is 2. The molecule has 1 aromatic carbocycles. The minimum Gasteiger partial charge on any atom is -0.458 e. The van der Waals surface area contributed by atoms with E-state index in [-0.39, 0.29) is 6.61 Å². The van der Waals surface area contributed by atoms with Crippen molar-refractivity contribution in [2.75, 3.05) is 6.61 Å². The van der Waals surface area contributed by atoms with Crippen LogP contribution in [0.1, 0.15) is 24.7 Å². The molecule has 0 aliphatic rings. The molecule has 0 aliphatic carbocycles. The Kier molecular flexibility index (Phi) is 3.49. The molecule has 0 bridgehead atoms. The van der Waals surface area contributed by atoms with Gasteiger partial charge in [-0.25, -0.2) is 0 Å². The van der Waals surface area contributed by atoms with Gasteiger partial charge in [0.25, 0.3) is 0 Å². The summed E-state index contributed by atoms with van der Waals surface area (Å²) >= 11 is 5.85. The van der Waals surface area contributed by atoms with Crippen molar-refractivity contribution in [3.05, 3.63) is 35.0 Å². The van der Waals surface area contributed by atoms with Crippen molar-refractivity contribution in [2.45, 2.75) is 18.9 Å². The lowest BCUT2D eigenvalue weighted by atomic mass is 10.1. The lowest BCUT2D eigenvalue weighted by Gasteiger charge is -2.04. The number of hydrogen-bond donors (Lipinski definition) is 2. The average Bonchev–Trinajstić information content (AvgIpc) is 2.68. The van der Waals surface area contributed by atoms with E-state index in [1.54, 1.807) is 24.3 Å². The summed E-state index contributed by atoms with van der Waals surface area (Å²) in [4.78, 5) is 0. The van der Waals surface area contributed by atoms with Crippen LogP contribution in [0.4, 0.5) is 0 Å². The second-order valence-electron chi connectivity index (χ2n) is 3.71. The summed E-state index contributed by atoms with van der Waals surface area (Å²) in [6.45, 7) is 0.0725. The highest BCUT2D eigenvalue weighted by molar-refractivity contribution is 6.31. The van der Waals surface area contributed by atoms with Gasteiger partial charge in [0.1, 0.15) is 17.4 Å². The second-order valence-corrected chi connectivity index (χ2v) is 4.15. The molecule has 0 saturated heterocycles. The predicted octanol–water partition coefficient (Wildman–Crippen LogP) is 2.89. The van der Waals surface area contributed by atoms with Gasteiger partial charge in [-0.2, -0.15) is 0 Å². The SMILES string of the molecule is OCCCC(O)c1cc2cc(Cl)ccc2o1. The van der Waals surface area contributed by atoms with Gasteiger partial charge in [0.15, 0.2) is 0 Å². The maximum absolute atomic E-state index is 9.78. The van der Waals surface area contributed by atoms with Crippen molar-refractivity contribution in [1.29, 1.82) is 0 Å². The lowest BCUT2D eigenvalue weighted by molar-refractivity contribution is 0.130. The normalized spacial score (nSPS) is 13.2. The van der Waals surface area contributed by atoms with Crippen LogP contribution in [-0.2, 0) is 0 Å². The first-order valence-electron chi connectivity index (χ1n) is 5.18. The van der Waals surface area contributed by atoms with Crippen LogP contribution in [0.2, 0.25) is 5.02 Å². The molecule has 2 aromatic rings. The highest BCUT2D eigenvalue weighted by atomic mass is 35.5.